The van der Waals surface area contributed by atoms with Crippen LogP contribution < -0.4 is 10.6 Å². The van der Waals surface area contributed by atoms with Gasteiger partial charge in [-0.3, -0.25) is 0 Å². The highest BCUT2D eigenvalue weighted by atomic mass is 35.5. The molecule has 0 atom stereocenters. The van der Waals surface area contributed by atoms with Gasteiger partial charge >= 0.3 is 0 Å². The van der Waals surface area contributed by atoms with E-state index in [9.17, 15) is 8.78 Å². The van der Waals surface area contributed by atoms with Crippen molar-refractivity contribution in [1.82, 2.24) is 9.97 Å². The molecule has 1 heterocycles. The van der Waals surface area contributed by atoms with Gasteiger partial charge in [-0.25, -0.2) is 13.8 Å². The Morgan fingerprint density at radius 1 is 1.30 bits per heavy atom. The van der Waals surface area contributed by atoms with E-state index in [1.807, 2.05) is 6.92 Å². The lowest BCUT2D eigenvalue weighted by atomic mass is 10.2. The molecule has 0 unspecified atom stereocenters. The Hall–Kier alpha value is -1.95. The predicted molar refractivity (Wildman–Crippen MR) is 75.6 cm³/mol. The maximum absolute atomic E-state index is 13.7. The molecule has 1 aromatic carbocycles. The number of hydrogen-bond acceptors (Lipinski definition) is 4. The third-order valence-electron chi connectivity index (χ3n) is 2.56. The van der Waals surface area contributed by atoms with Gasteiger partial charge in [-0.05, 0) is 19.9 Å². The summed E-state index contributed by atoms with van der Waals surface area (Å²) in [6.45, 7) is 4.34. The van der Waals surface area contributed by atoms with Gasteiger partial charge in [-0.15, -0.1) is 0 Å². The quantitative estimate of drug-likeness (QED) is 0.899. The summed E-state index contributed by atoms with van der Waals surface area (Å²) in [6.07, 6.45) is 1.60. The first-order chi connectivity index (χ1) is 9.51. The molecule has 1 aromatic heterocycles. The molecular formula is C13H13ClF2N4. The minimum atomic E-state index is -0.780. The molecular weight excluding hydrogens is 286 g/mol. The zero-order valence-electron chi connectivity index (χ0n) is 11.0. The molecule has 0 aliphatic heterocycles. The van der Waals surface area contributed by atoms with Crippen molar-refractivity contribution in [3.63, 3.8) is 0 Å². The van der Waals surface area contributed by atoms with Crippen molar-refractivity contribution < 1.29 is 8.78 Å². The van der Waals surface area contributed by atoms with Crippen LogP contribution in [0.25, 0.3) is 0 Å². The van der Waals surface area contributed by atoms with E-state index >= 15 is 0 Å². The second kappa shape index (κ2) is 6.00. The largest absolute Gasteiger partial charge is 0.354 e. The van der Waals surface area contributed by atoms with Crippen molar-refractivity contribution in [3.05, 3.63) is 40.6 Å². The Morgan fingerprint density at radius 2 is 2.05 bits per heavy atom. The van der Waals surface area contributed by atoms with E-state index < -0.39 is 11.6 Å². The summed E-state index contributed by atoms with van der Waals surface area (Å²) in [4.78, 5) is 8.29. The van der Waals surface area contributed by atoms with Crippen LogP contribution in [-0.2, 0) is 0 Å². The molecule has 0 saturated heterocycles. The molecule has 106 valence electrons. The Bertz CT molecular complexity index is 611. The first-order valence-corrected chi connectivity index (χ1v) is 6.38. The fraction of sp³-hybridized carbons (Fsp3) is 0.231. The van der Waals surface area contributed by atoms with E-state index in [4.69, 9.17) is 11.6 Å². The number of rotatable bonds is 4. The first-order valence-electron chi connectivity index (χ1n) is 6.00. The summed E-state index contributed by atoms with van der Waals surface area (Å²) in [5.74, 6) is -0.689. The van der Waals surface area contributed by atoms with E-state index in [0.717, 1.165) is 12.1 Å². The van der Waals surface area contributed by atoms with Crippen molar-refractivity contribution in [2.24, 2.45) is 0 Å². The van der Waals surface area contributed by atoms with Crippen molar-refractivity contribution in [2.75, 3.05) is 17.2 Å². The zero-order valence-corrected chi connectivity index (χ0v) is 11.7. The molecule has 20 heavy (non-hydrogen) atoms. The molecule has 0 amide bonds. The van der Waals surface area contributed by atoms with Crippen LogP contribution in [0.3, 0.4) is 0 Å². The minimum absolute atomic E-state index is 0.0164. The lowest BCUT2D eigenvalue weighted by Crippen LogP contribution is -2.06. The summed E-state index contributed by atoms with van der Waals surface area (Å²) in [5, 5.41) is 5.67. The molecule has 2 rings (SSSR count). The molecule has 0 spiro atoms. The SMILES string of the molecule is CCNc1ncc(C)c(Nc2c(F)cc(F)cc2Cl)n1. The summed E-state index contributed by atoms with van der Waals surface area (Å²) in [6, 6.07) is 1.80. The third kappa shape index (κ3) is 3.14. The Balaban J connectivity index is 2.37. The van der Waals surface area contributed by atoms with E-state index in [0.29, 0.717) is 23.9 Å². The fourth-order valence-corrected chi connectivity index (χ4v) is 1.83. The average molecular weight is 299 g/mol. The third-order valence-corrected chi connectivity index (χ3v) is 2.85. The van der Waals surface area contributed by atoms with Crippen LogP contribution in [0.2, 0.25) is 5.02 Å². The van der Waals surface area contributed by atoms with E-state index in [1.165, 1.54) is 0 Å². The number of aromatic nitrogens is 2. The Morgan fingerprint density at radius 3 is 2.70 bits per heavy atom. The summed E-state index contributed by atoms with van der Waals surface area (Å²) >= 11 is 5.84. The minimum Gasteiger partial charge on any atom is -0.354 e. The van der Waals surface area contributed by atoms with Gasteiger partial charge in [0.15, 0.2) is 5.82 Å². The average Bonchev–Trinajstić information content (AvgIpc) is 2.37. The van der Waals surface area contributed by atoms with Crippen LogP contribution in [-0.4, -0.2) is 16.5 Å². The topological polar surface area (TPSA) is 49.8 Å². The van der Waals surface area contributed by atoms with Gasteiger partial charge in [0, 0.05) is 24.4 Å². The summed E-state index contributed by atoms with van der Waals surface area (Å²) in [5.41, 5.74) is 0.698. The highest BCUT2D eigenvalue weighted by molar-refractivity contribution is 6.33. The van der Waals surface area contributed by atoms with Crippen LogP contribution in [0.5, 0.6) is 0 Å². The Labute approximate surface area is 120 Å². The number of hydrogen-bond donors (Lipinski definition) is 2. The van der Waals surface area contributed by atoms with E-state index in [-0.39, 0.29) is 10.7 Å². The molecule has 0 aliphatic carbocycles. The van der Waals surface area contributed by atoms with Gasteiger partial charge in [-0.2, -0.15) is 4.98 Å². The molecule has 4 nitrogen and oxygen atoms in total. The highest BCUT2D eigenvalue weighted by Crippen LogP contribution is 2.29. The van der Waals surface area contributed by atoms with Crippen molar-refractivity contribution in [1.29, 1.82) is 0 Å². The molecule has 0 fully saturated rings. The monoisotopic (exact) mass is 298 g/mol. The second-order valence-corrected chi connectivity index (χ2v) is 4.53. The summed E-state index contributed by atoms with van der Waals surface area (Å²) in [7, 11) is 0. The normalized spacial score (nSPS) is 10.4. The predicted octanol–water partition coefficient (Wildman–Crippen LogP) is 3.89. The lowest BCUT2D eigenvalue weighted by molar-refractivity contribution is 0.586. The number of nitrogens with one attached hydrogen (secondary N) is 2. The number of benzene rings is 1. The highest BCUT2D eigenvalue weighted by Gasteiger charge is 2.12. The number of halogens is 3. The van der Waals surface area contributed by atoms with Crippen LogP contribution in [0, 0.1) is 18.6 Å². The molecule has 2 aromatic rings. The van der Waals surface area contributed by atoms with Crippen molar-refractivity contribution in [3.8, 4) is 0 Å². The van der Waals surface area contributed by atoms with Crippen LogP contribution >= 0.6 is 11.6 Å². The number of anilines is 3. The van der Waals surface area contributed by atoms with Crippen molar-refractivity contribution in [2.45, 2.75) is 13.8 Å². The van der Waals surface area contributed by atoms with Gasteiger partial charge in [0.05, 0.1) is 10.7 Å². The lowest BCUT2D eigenvalue weighted by Gasteiger charge is -2.12. The van der Waals surface area contributed by atoms with Crippen LogP contribution in [0.1, 0.15) is 12.5 Å². The standard InChI is InChI=1S/C13H13ClF2N4/c1-3-17-13-18-6-7(2)12(20-13)19-11-9(14)4-8(15)5-10(11)16/h4-6H,3H2,1-2H3,(H2,17,18,19,20). The fourth-order valence-electron chi connectivity index (χ4n) is 1.59. The maximum atomic E-state index is 13.7. The van der Waals surface area contributed by atoms with Gasteiger partial charge in [0.2, 0.25) is 5.95 Å². The molecule has 7 heteroatoms. The van der Waals surface area contributed by atoms with Crippen LogP contribution in [0.15, 0.2) is 18.3 Å². The van der Waals surface area contributed by atoms with E-state index in [2.05, 4.69) is 20.6 Å². The zero-order chi connectivity index (χ0) is 14.7. The number of aryl methyl sites for hydroxylation is 1. The van der Waals surface area contributed by atoms with Gasteiger partial charge < -0.3 is 10.6 Å². The van der Waals surface area contributed by atoms with Crippen molar-refractivity contribution >= 4 is 29.1 Å². The van der Waals surface area contributed by atoms with Gasteiger partial charge in [0.1, 0.15) is 11.6 Å². The first kappa shape index (κ1) is 14.5. The molecule has 0 saturated carbocycles. The number of nitrogens with zero attached hydrogens (tertiary/aromatic N) is 2. The van der Waals surface area contributed by atoms with Gasteiger partial charge in [0.25, 0.3) is 0 Å². The second-order valence-electron chi connectivity index (χ2n) is 4.12. The Kier molecular flexibility index (Phi) is 4.34. The smallest absolute Gasteiger partial charge is 0.224 e. The van der Waals surface area contributed by atoms with Gasteiger partial charge in [-0.1, -0.05) is 11.6 Å². The summed E-state index contributed by atoms with van der Waals surface area (Å²) < 4.78 is 26.7. The molecule has 0 bridgehead atoms. The van der Waals surface area contributed by atoms with Crippen LogP contribution in [0.4, 0.5) is 26.2 Å². The van der Waals surface area contributed by atoms with E-state index in [1.54, 1.807) is 13.1 Å². The molecule has 2 N–H and O–H groups in total. The maximum Gasteiger partial charge on any atom is 0.224 e. The molecule has 0 aliphatic rings. The molecule has 0 radical (unpaired) electrons.